The van der Waals surface area contributed by atoms with E-state index in [1.165, 1.54) is 30.3 Å². The van der Waals surface area contributed by atoms with Crippen LogP contribution in [0, 0.1) is 0 Å². The molecule has 3 rings (SSSR count). The van der Waals surface area contributed by atoms with Crippen molar-refractivity contribution in [1.82, 2.24) is 0 Å². The van der Waals surface area contributed by atoms with Gasteiger partial charge in [0.25, 0.3) is 5.91 Å². The molecule has 140 valence electrons. The van der Waals surface area contributed by atoms with Gasteiger partial charge in [-0.3, -0.25) is 4.79 Å². The lowest BCUT2D eigenvalue weighted by atomic mass is 10.1. The minimum Gasteiger partial charge on any atom is -0.475 e. The van der Waals surface area contributed by atoms with Crippen molar-refractivity contribution in [3.8, 4) is 5.75 Å². The Morgan fingerprint density at radius 3 is 2.48 bits per heavy atom. The predicted octanol–water partition coefficient (Wildman–Crippen LogP) is 4.94. The van der Waals surface area contributed by atoms with Crippen LogP contribution in [0.3, 0.4) is 0 Å². The Hall–Kier alpha value is -3.20. The predicted molar refractivity (Wildman–Crippen MR) is 89.3 cm³/mol. The number of carbonyl (C=O) groups excluding carboxylic acids is 1. The number of furan rings is 1. The maximum absolute atomic E-state index is 12.3. The average Bonchev–Trinajstić information content (AvgIpc) is 2.99. The van der Waals surface area contributed by atoms with E-state index < -0.39 is 24.0 Å². The summed E-state index contributed by atoms with van der Waals surface area (Å²) in [5, 5.41) is 11.5. The number of hydrogen-bond donors (Lipinski definition) is 2. The Kier molecular flexibility index (Phi) is 4.71. The van der Waals surface area contributed by atoms with Gasteiger partial charge >= 0.3 is 12.3 Å². The first-order chi connectivity index (χ1) is 12.6. The van der Waals surface area contributed by atoms with Crippen molar-refractivity contribution in [2.45, 2.75) is 6.36 Å². The minimum absolute atomic E-state index is 0.144. The number of benzene rings is 2. The number of carbonyl (C=O) groups is 2. The van der Waals surface area contributed by atoms with Crippen LogP contribution >= 0.6 is 11.6 Å². The molecule has 0 atom stereocenters. The van der Waals surface area contributed by atoms with Gasteiger partial charge in [0.2, 0.25) is 5.76 Å². The molecule has 2 N–H and O–H groups in total. The second-order valence-electron chi connectivity index (χ2n) is 5.32. The summed E-state index contributed by atoms with van der Waals surface area (Å²) in [4.78, 5) is 23.2. The number of alkyl halides is 3. The number of carboxylic acid groups (broad SMARTS) is 1. The Morgan fingerprint density at radius 2 is 1.85 bits per heavy atom. The van der Waals surface area contributed by atoms with Crippen LogP contribution in [0.25, 0.3) is 11.0 Å². The molecule has 2 aromatic carbocycles. The molecule has 0 bridgehead atoms. The van der Waals surface area contributed by atoms with E-state index in [0.717, 1.165) is 12.1 Å². The molecule has 1 amide bonds. The molecule has 1 heterocycles. The van der Waals surface area contributed by atoms with Gasteiger partial charge in [-0.2, -0.15) is 0 Å². The fourth-order valence-corrected chi connectivity index (χ4v) is 2.49. The largest absolute Gasteiger partial charge is 0.573 e. The van der Waals surface area contributed by atoms with Crippen LogP contribution < -0.4 is 10.1 Å². The highest BCUT2D eigenvalue weighted by Crippen LogP contribution is 2.32. The Bertz CT molecular complexity index is 1040. The van der Waals surface area contributed by atoms with Gasteiger partial charge in [-0.25, -0.2) is 4.79 Å². The fraction of sp³-hybridized carbons (Fsp3) is 0.0588. The average molecular weight is 400 g/mol. The quantitative estimate of drug-likeness (QED) is 0.649. The summed E-state index contributed by atoms with van der Waals surface area (Å²) in [6.07, 6.45) is -4.89. The van der Waals surface area contributed by atoms with Gasteiger partial charge < -0.3 is 19.6 Å². The van der Waals surface area contributed by atoms with E-state index in [-0.39, 0.29) is 27.6 Å². The molecule has 0 aliphatic heterocycles. The molecular formula is C17H9ClF3NO5. The van der Waals surface area contributed by atoms with Gasteiger partial charge in [0.15, 0.2) is 0 Å². The van der Waals surface area contributed by atoms with Gasteiger partial charge in [0.05, 0.1) is 5.02 Å². The lowest BCUT2D eigenvalue weighted by Crippen LogP contribution is -2.17. The summed E-state index contributed by atoms with van der Waals surface area (Å²) in [7, 11) is 0. The normalized spacial score (nSPS) is 11.4. The van der Waals surface area contributed by atoms with Crippen LogP contribution in [0.1, 0.15) is 20.9 Å². The molecule has 0 spiro atoms. The molecule has 0 unspecified atom stereocenters. The summed E-state index contributed by atoms with van der Waals surface area (Å²) in [5.74, 6) is -2.70. The van der Waals surface area contributed by atoms with E-state index in [1.54, 1.807) is 0 Å². The second kappa shape index (κ2) is 6.84. The maximum atomic E-state index is 12.3. The lowest BCUT2D eigenvalue weighted by molar-refractivity contribution is -0.274. The Morgan fingerprint density at radius 1 is 1.11 bits per heavy atom. The number of ether oxygens (including phenoxy) is 1. The topological polar surface area (TPSA) is 88.8 Å². The van der Waals surface area contributed by atoms with Crippen LogP contribution in [-0.4, -0.2) is 23.3 Å². The fourth-order valence-electron chi connectivity index (χ4n) is 2.27. The Labute approximate surface area is 154 Å². The van der Waals surface area contributed by atoms with Crippen molar-refractivity contribution in [2.24, 2.45) is 0 Å². The third-order valence-corrected chi connectivity index (χ3v) is 3.70. The summed E-state index contributed by atoms with van der Waals surface area (Å²) >= 11 is 5.73. The lowest BCUT2D eigenvalue weighted by Gasteiger charge is -2.12. The van der Waals surface area contributed by atoms with Crippen LogP contribution in [-0.2, 0) is 0 Å². The highest BCUT2D eigenvalue weighted by molar-refractivity contribution is 6.32. The molecule has 27 heavy (non-hydrogen) atoms. The third-order valence-electron chi connectivity index (χ3n) is 3.41. The van der Waals surface area contributed by atoms with Crippen LogP contribution in [0.5, 0.6) is 5.75 Å². The van der Waals surface area contributed by atoms with Crippen molar-refractivity contribution in [2.75, 3.05) is 5.32 Å². The van der Waals surface area contributed by atoms with Gasteiger partial charge in [0, 0.05) is 16.6 Å². The van der Waals surface area contributed by atoms with E-state index in [0.29, 0.717) is 5.39 Å². The number of fused-ring (bicyclic) bond motifs is 1. The second-order valence-corrected chi connectivity index (χ2v) is 5.72. The molecule has 0 radical (unpaired) electrons. The van der Waals surface area contributed by atoms with E-state index >= 15 is 0 Å². The molecular weight excluding hydrogens is 391 g/mol. The van der Waals surface area contributed by atoms with Gasteiger partial charge in [-0.1, -0.05) is 17.7 Å². The summed E-state index contributed by atoms with van der Waals surface area (Å²) < 4.78 is 45.6. The van der Waals surface area contributed by atoms with Gasteiger partial charge in [-0.15, -0.1) is 13.2 Å². The zero-order valence-electron chi connectivity index (χ0n) is 13.1. The molecule has 0 aliphatic carbocycles. The van der Waals surface area contributed by atoms with Crippen molar-refractivity contribution < 1.29 is 37.0 Å². The molecule has 10 heteroatoms. The number of nitrogens with one attached hydrogen (secondary N) is 1. The summed E-state index contributed by atoms with van der Waals surface area (Å²) in [6.45, 7) is 0. The van der Waals surface area contributed by atoms with E-state index in [2.05, 4.69) is 10.1 Å². The first-order valence-electron chi connectivity index (χ1n) is 7.26. The molecule has 3 aromatic rings. The number of anilines is 1. The summed E-state index contributed by atoms with van der Waals surface area (Å²) in [6, 6.07) is 8.89. The van der Waals surface area contributed by atoms with E-state index in [1.807, 2.05) is 0 Å². The molecule has 0 saturated carbocycles. The first kappa shape index (κ1) is 18.6. The maximum Gasteiger partial charge on any atom is 0.573 e. The monoisotopic (exact) mass is 399 g/mol. The highest BCUT2D eigenvalue weighted by Gasteiger charge is 2.32. The van der Waals surface area contributed by atoms with Gasteiger partial charge in [0.1, 0.15) is 11.3 Å². The summed E-state index contributed by atoms with van der Waals surface area (Å²) in [5.41, 5.74) is 0.498. The standard InChI is InChI=1S/C17H9ClF3NO5/c18-11-7-10(3-4-12(11)27-17(19,20)21)22-15(23)9-2-1-8-5-14(16(24)25)26-13(8)6-9/h1-7H,(H,22,23)(H,24,25). The zero-order valence-corrected chi connectivity index (χ0v) is 13.9. The molecule has 6 nitrogen and oxygen atoms in total. The van der Waals surface area contributed by atoms with Crippen molar-refractivity contribution >= 4 is 40.1 Å². The smallest absolute Gasteiger partial charge is 0.475 e. The van der Waals surface area contributed by atoms with Crippen LogP contribution in [0.15, 0.2) is 46.9 Å². The Balaban J connectivity index is 1.79. The number of hydrogen-bond acceptors (Lipinski definition) is 4. The zero-order chi connectivity index (χ0) is 19.8. The van der Waals surface area contributed by atoms with Crippen LogP contribution in [0.2, 0.25) is 5.02 Å². The van der Waals surface area contributed by atoms with E-state index in [4.69, 9.17) is 21.1 Å². The number of carboxylic acids is 1. The minimum atomic E-state index is -4.89. The van der Waals surface area contributed by atoms with Crippen LogP contribution in [0.4, 0.5) is 18.9 Å². The third kappa shape index (κ3) is 4.32. The molecule has 0 fully saturated rings. The SMILES string of the molecule is O=C(Nc1ccc(OC(F)(F)F)c(Cl)c1)c1ccc2cc(C(=O)O)oc2c1. The molecule has 1 aromatic heterocycles. The number of aromatic carboxylic acids is 1. The van der Waals surface area contributed by atoms with Crippen molar-refractivity contribution in [3.05, 3.63) is 58.8 Å². The van der Waals surface area contributed by atoms with Crippen molar-refractivity contribution in [1.29, 1.82) is 0 Å². The van der Waals surface area contributed by atoms with Crippen molar-refractivity contribution in [3.63, 3.8) is 0 Å². The number of amides is 1. The number of rotatable bonds is 4. The first-order valence-corrected chi connectivity index (χ1v) is 7.64. The highest BCUT2D eigenvalue weighted by atomic mass is 35.5. The van der Waals surface area contributed by atoms with Gasteiger partial charge in [-0.05, 0) is 36.4 Å². The number of halogens is 4. The molecule has 0 aliphatic rings. The molecule has 0 saturated heterocycles. The van der Waals surface area contributed by atoms with E-state index in [9.17, 15) is 22.8 Å².